The molecule has 0 radical (unpaired) electrons. The van der Waals surface area contributed by atoms with Gasteiger partial charge in [0.2, 0.25) is 11.8 Å². The van der Waals surface area contributed by atoms with Crippen LogP contribution in [0.2, 0.25) is 0 Å². The largest absolute Gasteiger partial charge is 0.355 e. The third-order valence-corrected chi connectivity index (χ3v) is 6.43. The number of hydrogen-bond acceptors (Lipinski definition) is 4. The number of nitrogens with one attached hydrogen (secondary N) is 3. The van der Waals surface area contributed by atoms with Crippen LogP contribution in [-0.4, -0.2) is 26.8 Å². The van der Waals surface area contributed by atoms with E-state index in [0.717, 1.165) is 18.4 Å². The molecular weight excluding hydrogens is 402 g/mol. The second kappa shape index (κ2) is 8.47. The molecule has 7 nitrogen and oxygen atoms in total. The van der Waals surface area contributed by atoms with Gasteiger partial charge in [0.15, 0.2) is 0 Å². The molecule has 0 aliphatic heterocycles. The zero-order valence-corrected chi connectivity index (χ0v) is 18.2. The van der Waals surface area contributed by atoms with Gasteiger partial charge >= 0.3 is 0 Å². The van der Waals surface area contributed by atoms with Crippen LogP contribution in [0.5, 0.6) is 0 Å². The van der Waals surface area contributed by atoms with Crippen LogP contribution in [0, 0.1) is 5.92 Å². The van der Waals surface area contributed by atoms with Crippen LogP contribution in [0.3, 0.4) is 0 Å². The Morgan fingerprint density at radius 1 is 0.967 bits per heavy atom. The Kier molecular flexibility index (Phi) is 6.17. The predicted molar refractivity (Wildman–Crippen MR) is 117 cm³/mol. The van der Waals surface area contributed by atoms with Gasteiger partial charge in [-0.1, -0.05) is 26.0 Å². The lowest BCUT2D eigenvalue weighted by Crippen LogP contribution is -2.36. The number of sulfonamides is 1. The molecule has 1 saturated carbocycles. The van der Waals surface area contributed by atoms with Gasteiger partial charge in [0.1, 0.15) is 0 Å². The molecule has 0 heterocycles. The maximum atomic E-state index is 12.6. The van der Waals surface area contributed by atoms with Crippen LogP contribution in [-0.2, 0) is 25.0 Å². The SMILES string of the molecule is CC(=O)Nc1ccc(S(=O)(=O)Nc2ccc(C3(C(=O)NCC(C)C)CC3)cc2)cc1. The number of carbonyl (C=O) groups is 2. The molecule has 1 aliphatic rings. The fraction of sp³-hybridized carbons (Fsp3) is 0.364. The first-order valence-electron chi connectivity index (χ1n) is 9.92. The quantitative estimate of drug-likeness (QED) is 0.599. The molecule has 0 unspecified atom stereocenters. The summed E-state index contributed by atoms with van der Waals surface area (Å²) < 4.78 is 27.8. The van der Waals surface area contributed by atoms with Gasteiger partial charge in [0, 0.05) is 24.8 Å². The van der Waals surface area contributed by atoms with Crippen molar-refractivity contribution in [3.63, 3.8) is 0 Å². The van der Waals surface area contributed by atoms with E-state index in [1.165, 1.54) is 31.2 Å². The highest BCUT2D eigenvalue weighted by atomic mass is 32.2. The minimum Gasteiger partial charge on any atom is -0.355 e. The monoisotopic (exact) mass is 429 g/mol. The molecular formula is C22H27N3O4S. The van der Waals surface area contributed by atoms with Gasteiger partial charge in [-0.15, -0.1) is 0 Å². The molecule has 3 rings (SSSR count). The van der Waals surface area contributed by atoms with Crippen LogP contribution in [0.25, 0.3) is 0 Å². The molecule has 0 saturated heterocycles. The minimum absolute atomic E-state index is 0.0313. The molecule has 160 valence electrons. The zero-order chi connectivity index (χ0) is 21.9. The Morgan fingerprint density at radius 2 is 1.53 bits per heavy atom. The van der Waals surface area contributed by atoms with Crippen molar-refractivity contribution < 1.29 is 18.0 Å². The number of hydrogen-bond donors (Lipinski definition) is 3. The van der Waals surface area contributed by atoms with Crippen molar-refractivity contribution in [2.75, 3.05) is 16.6 Å². The van der Waals surface area contributed by atoms with E-state index in [1.54, 1.807) is 24.3 Å². The Labute approximate surface area is 177 Å². The van der Waals surface area contributed by atoms with Gasteiger partial charge in [-0.05, 0) is 60.7 Å². The summed E-state index contributed by atoms with van der Waals surface area (Å²) in [5.41, 5.74) is 1.34. The minimum atomic E-state index is -3.77. The Morgan fingerprint density at radius 3 is 2.03 bits per heavy atom. The summed E-state index contributed by atoms with van der Waals surface area (Å²) in [6.07, 6.45) is 1.59. The number of benzene rings is 2. The number of anilines is 2. The van der Waals surface area contributed by atoms with E-state index in [4.69, 9.17) is 0 Å². The fourth-order valence-corrected chi connectivity index (χ4v) is 4.29. The molecule has 1 aliphatic carbocycles. The standard InChI is InChI=1S/C22H27N3O4S/c1-15(2)14-23-21(27)22(12-13-22)17-4-6-19(7-5-17)25-30(28,29)20-10-8-18(9-11-20)24-16(3)26/h4-11,15,25H,12-14H2,1-3H3,(H,23,27)(H,24,26). The molecule has 30 heavy (non-hydrogen) atoms. The number of amides is 2. The summed E-state index contributed by atoms with van der Waals surface area (Å²) in [6, 6.07) is 12.9. The van der Waals surface area contributed by atoms with Crippen molar-refractivity contribution >= 4 is 33.2 Å². The van der Waals surface area contributed by atoms with Crippen LogP contribution in [0.1, 0.15) is 39.2 Å². The fourth-order valence-electron chi connectivity index (χ4n) is 3.23. The second-order valence-corrected chi connectivity index (χ2v) is 9.76. The summed E-state index contributed by atoms with van der Waals surface area (Å²) in [5.74, 6) is 0.188. The highest BCUT2D eigenvalue weighted by Gasteiger charge is 2.51. The van der Waals surface area contributed by atoms with Crippen molar-refractivity contribution in [2.24, 2.45) is 5.92 Å². The molecule has 0 atom stereocenters. The Hall–Kier alpha value is -2.87. The third kappa shape index (κ3) is 4.99. The lowest BCUT2D eigenvalue weighted by atomic mass is 9.94. The van der Waals surface area contributed by atoms with Gasteiger partial charge in [-0.3, -0.25) is 14.3 Å². The maximum Gasteiger partial charge on any atom is 0.261 e. The van der Waals surface area contributed by atoms with E-state index in [1.807, 2.05) is 13.8 Å². The van der Waals surface area contributed by atoms with E-state index in [-0.39, 0.29) is 16.7 Å². The lowest BCUT2D eigenvalue weighted by molar-refractivity contribution is -0.123. The summed E-state index contributed by atoms with van der Waals surface area (Å²) >= 11 is 0. The molecule has 1 fully saturated rings. The molecule has 2 aromatic carbocycles. The highest BCUT2D eigenvalue weighted by Crippen LogP contribution is 2.48. The van der Waals surface area contributed by atoms with Gasteiger partial charge in [-0.2, -0.15) is 0 Å². The average Bonchev–Trinajstić information content (AvgIpc) is 3.48. The van der Waals surface area contributed by atoms with E-state index in [9.17, 15) is 18.0 Å². The van der Waals surface area contributed by atoms with Crippen molar-refractivity contribution in [1.29, 1.82) is 0 Å². The third-order valence-electron chi connectivity index (χ3n) is 5.03. The first-order valence-corrected chi connectivity index (χ1v) is 11.4. The second-order valence-electron chi connectivity index (χ2n) is 8.07. The van der Waals surface area contributed by atoms with Gasteiger partial charge in [-0.25, -0.2) is 8.42 Å². The molecule has 0 spiro atoms. The van der Waals surface area contributed by atoms with Crippen LogP contribution >= 0.6 is 0 Å². The van der Waals surface area contributed by atoms with E-state index in [0.29, 0.717) is 23.8 Å². The Bertz CT molecular complexity index is 1030. The molecule has 2 aromatic rings. The van der Waals surface area contributed by atoms with Crippen molar-refractivity contribution in [2.45, 2.75) is 43.9 Å². The van der Waals surface area contributed by atoms with E-state index < -0.39 is 15.4 Å². The van der Waals surface area contributed by atoms with Crippen molar-refractivity contribution in [1.82, 2.24) is 5.32 Å². The highest BCUT2D eigenvalue weighted by molar-refractivity contribution is 7.92. The zero-order valence-electron chi connectivity index (χ0n) is 17.4. The lowest BCUT2D eigenvalue weighted by Gasteiger charge is -2.17. The van der Waals surface area contributed by atoms with Crippen LogP contribution in [0.4, 0.5) is 11.4 Å². The molecule has 0 bridgehead atoms. The summed E-state index contributed by atoms with van der Waals surface area (Å²) in [7, 11) is -3.77. The average molecular weight is 430 g/mol. The summed E-state index contributed by atoms with van der Waals surface area (Å²) in [5, 5.41) is 5.59. The normalized spacial score (nSPS) is 14.8. The maximum absolute atomic E-state index is 12.6. The topological polar surface area (TPSA) is 104 Å². The summed E-state index contributed by atoms with van der Waals surface area (Å²) in [6.45, 7) is 6.12. The van der Waals surface area contributed by atoms with Gasteiger partial charge in [0.25, 0.3) is 10.0 Å². The predicted octanol–water partition coefficient (Wildman–Crippen LogP) is 3.25. The number of carbonyl (C=O) groups excluding carboxylic acids is 2. The molecule has 2 amide bonds. The first kappa shape index (κ1) is 21.8. The van der Waals surface area contributed by atoms with Gasteiger partial charge in [0.05, 0.1) is 10.3 Å². The van der Waals surface area contributed by atoms with Gasteiger partial charge < -0.3 is 10.6 Å². The van der Waals surface area contributed by atoms with E-state index in [2.05, 4.69) is 15.4 Å². The van der Waals surface area contributed by atoms with Crippen LogP contribution < -0.4 is 15.4 Å². The Balaban J connectivity index is 1.69. The smallest absolute Gasteiger partial charge is 0.261 e. The first-order chi connectivity index (χ1) is 14.1. The van der Waals surface area contributed by atoms with Crippen LogP contribution in [0.15, 0.2) is 53.4 Å². The van der Waals surface area contributed by atoms with E-state index >= 15 is 0 Å². The molecule has 8 heteroatoms. The molecule has 0 aromatic heterocycles. The van der Waals surface area contributed by atoms with Crippen molar-refractivity contribution in [3.8, 4) is 0 Å². The summed E-state index contributed by atoms with van der Waals surface area (Å²) in [4.78, 5) is 23.7. The number of rotatable bonds is 8. The van der Waals surface area contributed by atoms with Crippen molar-refractivity contribution in [3.05, 3.63) is 54.1 Å². The molecule has 3 N–H and O–H groups in total.